The molecule has 4 rings (SSSR count). The van der Waals surface area contributed by atoms with Crippen molar-refractivity contribution in [3.05, 3.63) is 48.6 Å². The van der Waals surface area contributed by atoms with Crippen LogP contribution in [0.3, 0.4) is 0 Å². The molecular formula is C31H49F3O3P2RhS. The molecule has 1 aliphatic carbocycles. The molecule has 3 nitrogen and oxygen atoms in total. The van der Waals surface area contributed by atoms with E-state index in [1.165, 1.54) is 77.0 Å². The SMILES string of the molecule is C1=CCCC=CCC1.CC[C@H]1CC[C@H](CC)P1c1ccccc1P1[C@@H](CC)CC[C@@H]1CC.O=S(=O)(O)C(F)(F)F.[Rh]. The van der Waals surface area contributed by atoms with E-state index in [2.05, 4.69) is 76.3 Å². The molecule has 4 atom stereocenters. The Hall–Kier alpha value is -0.117. The minimum Gasteiger partial charge on any atom is -0.279 e. The molecule has 0 saturated carbocycles. The first-order valence-corrected chi connectivity index (χ1v) is 19.4. The molecule has 237 valence electrons. The molecule has 2 heterocycles. The van der Waals surface area contributed by atoms with Crippen LogP contribution in [0.15, 0.2) is 48.6 Å². The van der Waals surface area contributed by atoms with E-state index in [-0.39, 0.29) is 35.3 Å². The van der Waals surface area contributed by atoms with Gasteiger partial charge in [0.15, 0.2) is 0 Å². The Balaban J connectivity index is 0.000000407. The largest absolute Gasteiger partial charge is 0.522 e. The van der Waals surface area contributed by atoms with Crippen LogP contribution in [0, 0.1) is 0 Å². The van der Waals surface area contributed by atoms with Gasteiger partial charge in [0.05, 0.1) is 0 Å². The number of allylic oxidation sites excluding steroid dienone is 4. The number of hydrogen-bond acceptors (Lipinski definition) is 2. The van der Waals surface area contributed by atoms with Crippen LogP contribution in [0.2, 0.25) is 0 Å². The van der Waals surface area contributed by atoms with Crippen LogP contribution in [0.4, 0.5) is 13.2 Å². The minimum absolute atomic E-state index is 0. The van der Waals surface area contributed by atoms with Crippen LogP contribution in [0.5, 0.6) is 0 Å². The van der Waals surface area contributed by atoms with Crippen molar-refractivity contribution in [2.24, 2.45) is 0 Å². The van der Waals surface area contributed by atoms with E-state index in [4.69, 9.17) is 13.0 Å². The Labute approximate surface area is 262 Å². The molecule has 0 aromatic heterocycles. The maximum atomic E-state index is 10.7. The summed E-state index contributed by atoms with van der Waals surface area (Å²) in [6, 6.07) is 9.79. The number of hydrogen-bond donors (Lipinski definition) is 1. The van der Waals surface area contributed by atoms with Crippen molar-refractivity contribution in [1.29, 1.82) is 0 Å². The molecule has 0 bridgehead atoms. The third-order valence-corrected chi connectivity index (χ3v) is 16.5. The second-order valence-corrected chi connectivity index (χ2v) is 17.7. The van der Waals surface area contributed by atoms with E-state index in [0.29, 0.717) is 0 Å². The van der Waals surface area contributed by atoms with Crippen LogP contribution >= 0.6 is 15.8 Å². The number of rotatable bonds is 6. The summed E-state index contributed by atoms with van der Waals surface area (Å²) >= 11 is 0. The molecule has 0 unspecified atom stereocenters. The molecule has 3 aliphatic rings. The zero-order valence-corrected chi connectivity index (χ0v) is 29.2. The van der Waals surface area contributed by atoms with Gasteiger partial charge in [-0.2, -0.15) is 21.6 Å². The number of benzene rings is 1. The molecule has 0 amide bonds. The van der Waals surface area contributed by atoms with Gasteiger partial charge in [-0.25, -0.2) is 0 Å². The van der Waals surface area contributed by atoms with Crippen LogP contribution < -0.4 is 10.6 Å². The van der Waals surface area contributed by atoms with Crippen LogP contribution in [-0.4, -0.2) is 41.1 Å². The van der Waals surface area contributed by atoms with Crippen molar-refractivity contribution in [3.8, 4) is 0 Å². The smallest absolute Gasteiger partial charge is 0.279 e. The van der Waals surface area contributed by atoms with Crippen LogP contribution in [0.25, 0.3) is 0 Å². The maximum absolute atomic E-state index is 10.7. The Bertz CT molecular complexity index is 952. The fourth-order valence-electron chi connectivity index (χ4n) is 6.07. The summed E-state index contributed by atoms with van der Waals surface area (Å²) in [6.07, 6.45) is 25.5. The topological polar surface area (TPSA) is 54.4 Å². The molecule has 1 radical (unpaired) electrons. The quantitative estimate of drug-likeness (QED) is 0.105. The van der Waals surface area contributed by atoms with Crippen molar-refractivity contribution in [2.45, 2.75) is 133 Å². The van der Waals surface area contributed by atoms with Gasteiger partial charge in [0.1, 0.15) is 0 Å². The predicted molar refractivity (Wildman–Crippen MR) is 169 cm³/mol. The molecule has 1 N–H and O–H groups in total. The van der Waals surface area contributed by atoms with Crippen LogP contribution in [-0.2, 0) is 29.6 Å². The van der Waals surface area contributed by atoms with Gasteiger partial charge in [0, 0.05) is 19.5 Å². The normalized spacial score (nSPS) is 25.3. The van der Waals surface area contributed by atoms with Gasteiger partial charge in [-0.1, -0.05) is 92.1 Å². The van der Waals surface area contributed by atoms with E-state index in [9.17, 15) is 13.2 Å². The molecule has 0 spiro atoms. The molecule has 2 aliphatic heterocycles. The molecule has 1 aromatic carbocycles. The fourth-order valence-corrected chi connectivity index (χ4v) is 14.0. The average molecular weight is 724 g/mol. The Morgan fingerprint density at radius 1 is 0.683 bits per heavy atom. The predicted octanol–water partition coefficient (Wildman–Crippen LogP) is 9.67. The Morgan fingerprint density at radius 3 is 1.12 bits per heavy atom. The zero-order chi connectivity index (χ0) is 29.8. The summed E-state index contributed by atoms with van der Waals surface area (Å²) in [6.45, 7) is 9.74. The first-order valence-electron chi connectivity index (χ1n) is 15.0. The second-order valence-electron chi connectivity index (χ2n) is 10.7. The summed E-state index contributed by atoms with van der Waals surface area (Å²) in [4.78, 5) is 0. The van der Waals surface area contributed by atoms with Crippen molar-refractivity contribution < 1.29 is 45.6 Å². The Morgan fingerprint density at radius 2 is 0.927 bits per heavy atom. The van der Waals surface area contributed by atoms with Gasteiger partial charge in [-0.3, -0.25) is 4.55 Å². The van der Waals surface area contributed by atoms with Crippen molar-refractivity contribution in [3.63, 3.8) is 0 Å². The zero-order valence-electron chi connectivity index (χ0n) is 24.9. The molecule has 2 saturated heterocycles. The van der Waals surface area contributed by atoms with E-state index < -0.39 is 15.6 Å². The van der Waals surface area contributed by atoms with E-state index >= 15 is 0 Å². The average Bonchev–Trinajstić information content (AvgIpc) is 3.51. The minimum atomic E-state index is -5.84. The molecule has 41 heavy (non-hydrogen) atoms. The first-order chi connectivity index (χ1) is 19.0. The molecule has 2 fully saturated rings. The van der Waals surface area contributed by atoms with E-state index in [1.54, 1.807) is 0 Å². The van der Waals surface area contributed by atoms with E-state index in [0.717, 1.165) is 22.6 Å². The van der Waals surface area contributed by atoms with E-state index in [1.807, 2.05) is 10.6 Å². The van der Waals surface area contributed by atoms with Gasteiger partial charge in [0.2, 0.25) is 0 Å². The number of halogens is 3. The summed E-state index contributed by atoms with van der Waals surface area (Å²) in [5.41, 5.74) is -1.58. The monoisotopic (exact) mass is 723 g/mol. The summed E-state index contributed by atoms with van der Waals surface area (Å²) < 4.78 is 57.5. The summed E-state index contributed by atoms with van der Waals surface area (Å²) in [5, 5.41) is 3.68. The van der Waals surface area contributed by atoms with Crippen molar-refractivity contribution >= 4 is 36.6 Å². The Kier molecular flexibility index (Phi) is 18.3. The third-order valence-electron chi connectivity index (χ3n) is 8.19. The first kappa shape index (κ1) is 38.9. The molecular weight excluding hydrogens is 674 g/mol. The third kappa shape index (κ3) is 11.7. The van der Waals surface area contributed by atoms with Crippen molar-refractivity contribution in [1.82, 2.24) is 0 Å². The summed E-state index contributed by atoms with van der Waals surface area (Å²) in [7, 11) is -5.71. The van der Waals surface area contributed by atoms with Crippen molar-refractivity contribution in [2.75, 3.05) is 0 Å². The van der Waals surface area contributed by atoms with Gasteiger partial charge in [-0.05, 0) is 110 Å². The van der Waals surface area contributed by atoms with Gasteiger partial charge in [-0.15, -0.1) is 0 Å². The summed E-state index contributed by atoms with van der Waals surface area (Å²) in [5.74, 6) is 0. The fraction of sp³-hybridized carbons (Fsp3) is 0.677. The van der Waals surface area contributed by atoms with Gasteiger partial charge >= 0.3 is 15.6 Å². The van der Waals surface area contributed by atoms with Crippen LogP contribution in [0.1, 0.15) is 105 Å². The van der Waals surface area contributed by atoms with Gasteiger partial charge in [0.25, 0.3) is 0 Å². The standard InChI is InChI=1S/C22H36P2.C8H12.CHF3O3S.Rh/c1-5-17-13-14-18(6-2)23(17)21-11-9-10-12-22(21)24-19(7-3)15-16-20(24)8-4;1-2-4-6-8-7-5-3-1;2-1(3,4)8(5,6)7;/h9-12,17-20H,5-8,13-16H2,1-4H3;1-2,7-8H,3-6H2;(H,5,6,7);/t17-,18-,19-,20-;;;/m0.../s1. The number of alkyl halides is 3. The maximum Gasteiger partial charge on any atom is 0.522 e. The molecule has 10 heteroatoms. The second kappa shape index (κ2) is 19.3. The van der Waals surface area contributed by atoms with Gasteiger partial charge < -0.3 is 0 Å². The molecule has 1 aromatic rings.